The Morgan fingerprint density at radius 3 is 2.21 bits per heavy atom. The molecule has 0 radical (unpaired) electrons. The first-order chi connectivity index (χ1) is 15.2. The number of halogens is 1. The zero-order chi connectivity index (χ0) is 25.0. The van der Waals surface area contributed by atoms with Gasteiger partial charge < -0.3 is 10.2 Å². The molecule has 1 N–H and O–H groups in total. The van der Waals surface area contributed by atoms with E-state index in [1.54, 1.807) is 31.2 Å². The summed E-state index contributed by atoms with van der Waals surface area (Å²) < 4.78 is 27.1. The summed E-state index contributed by atoms with van der Waals surface area (Å²) in [5.41, 5.74) is 1.82. The van der Waals surface area contributed by atoms with E-state index in [1.165, 1.54) is 4.90 Å². The van der Waals surface area contributed by atoms with Crippen molar-refractivity contribution in [3.8, 4) is 0 Å². The number of carbonyl (C=O) groups is 2. The highest BCUT2D eigenvalue weighted by Gasteiger charge is 2.31. The molecular formula is C24H32IN3O4S. The summed E-state index contributed by atoms with van der Waals surface area (Å²) in [6.45, 7) is 8.99. The van der Waals surface area contributed by atoms with E-state index < -0.39 is 34.1 Å². The summed E-state index contributed by atoms with van der Waals surface area (Å²) in [7, 11) is -3.73. The number of amides is 2. The molecule has 0 aromatic heterocycles. The maximum Gasteiger partial charge on any atom is 0.244 e. The standard InChI is InChI=1S/C24H32IN3O4S/c1-17-8-7-9-19(14-17)15-27(18(2)23(30)26-24(3,4)5)22(29)16-28(33(6,31)32)21-12-10-20(25)11-13-21/h7-14,18H,15-16H2,1-6H3,(H,26,30)/t18-/m1/s1. The van der Waals surface area contributed by atoms with Crippen LogP contribution in [0.25, 0.3) is 0 Å². The van der Waals surface area contributed by atoms with Gasteiger partial charge in [-0.3, -0.25) is 13.9 Å². The Labute approximate surface area is 210 Å². The molecule has 0 unspecified atom stereocenters. The molecule has 33 heavy (non-hydrogen) atoms. The Bertz CT molecular complexity index is 1100. The fraction of sp³-hybridized carbons (Fsp3) is 0.417. The number of benzene rings is 2. The lowest BCUT2D eigenvalue weighted by Crippen LogP contribution is -2.54. The van der Waals surface area contributed by atoms with E-state index in [4.69, 9.17) is 0 Å². The van der Waals surface area contributed by atoms with Crippen molar-refractivity contribution in [1.29, 1.82) is 0 Å². The van der Waals surface area contributed by atoms with Crippen LogP contribution in [0.2, 0.25) is 0 Å². The summed E-state index contributed by atoms with van der Waals surface area (Å²) in [5.74, 6) is -0.763. The Hall–Kier alpha value is -2.14. The van der Waals surface area contributed by atoms with Crippen LogP contribution in [0.15, 0.2) is 48.5 Å². The maximum absolute atomic E-state index is 13.5. The zero-order valence-corrected chi connectivity index (χ0v) is 22.9. The van der Waals surface area contributed by atoms with E-state index >= 15 is 0 Å². The van der Waals surface area contributed by atoms with Crippen LogP contribution < -0.4 is 9.62 Å². The van der Waals surface area contributed by atoms with Gasteiger partial charge in [0.05, 0.1) is 11.9 Å². The highest BCUT2D eigenvalue weighted by molar-refractivity contribution is 14.1. The SMILES string of the molecule is Cc1cccc(CN(C(=O)CN(c2ccc(I)cc2)S(C)(=O)=O)[C@H](C)C(=O)NC(C)(C)C)c1. The minimum absolute atomic E-state index is 0.184. The fourth-order valence-electron chi connectivity index (χ4n) is 3.28. The number of anilines is 1. The maximum atomic E-state index is 13.5. The molecule has 2 aromatic rings. The van der Waals surface area contributed by atoms with E-state index in [0.717, 1.165) is 25.3 Å². The summed E-state index contributed by atoms with van der Waals surface area (Å²) in [6.07, 6.45) is 1.07. The quantitative estimate of drug-likeness (QED) is 0.479. The molecule has 0 spiro atoms. The number of hydrogen-bond acceptors (Lipinski definition) is 4. The Kier molecular flexibility index (Phi) is 8.92. The average Bonchev–Trinajstić information content (AvgIpc) is 2.68. The van der Waals surface area contributed by atoms with E-state index in [1.807, 2.05) is 52.0 Å². The van der Waals surface area contributed by atoms with E-state index in [-0.39, 0.29) is 12.5 Å². The molecule has 0 aliphatic heterocycles. The van der Waals surface area contributed by atoms with Crippen LogP contribution in [0.4, 0.5) is 5.69 Å². The van der Waals surface area contributed by atoms with E-state index in [2.05, 4.69) is 27.9 Å². The fourth-order valence-corrected chi connectivity index (χ4v) is 4.49. The summed E-state index contributed by atoms with van der Waals surface area (Å²) in [6, 6.07) is 13.8. The molecule has 1 atom stereocenters. The van der Waals surface area contributed by atoms with Crippen LogP contribution in [0, 0.1) is 10.5 Å². The van der Waals surface area contributed by atoms with E-state index in [0.29, 0.717) is 5.69 Å². The third-order valence-corrected chi connectivity index (χ3v) is 6.75. The molecule has 0 heterocycles. The third-order valence-electron chi connectivity index (χ3n) is 4.89. The van der Waals surface area contributed by atoms with Crippen LogP contribution >= 0.6 is 22.6 Å². The van der Waals surface area contributed by atoms with Gasteiger partial charge in [-0.15, -0.1) is 0 Å². The first-order valence-corrected chi connectivity index (χ1v) is 13.5. The number of nitrogens with one attached hydrogen (secondary N) is 1. The van der Waals surface area contributed by atoms with Gasteiger partial charge in [0.1, 0.15) is 12.6 Å². The molecule has 0 fully saturated rings. The van der Waals surface area contributed by atoms with Gasteiger partial charge in [-0.1, -0.05) is 29.8 Å². The number of sulfonamides is 1. The van der Waals surface area contributed by atoms with Crippen LogP contribution in [0.3, 0.4) is 0 Å². The minimum atomic E-state index is -3.73. The minimum Gasteiger partial charge on any atom is -0.350 e. The van der Waals surface area contributed by atoms with Gasteiger partial charge in [0.15, 0.2) is 0 Å². The lowest BCUT2D eigenvalue weighted by atomic mass is 10.1. The molecule has 180 valence electrons. The summed E-state index contributed by atoms with van der Waals surface area (Å²) >= 11 is 2.13. The smallest absolute Gasteiger partial charge is 0.244 e. The van der Waals surface area contributed by atoms with Gasteiger partial charge in [-0.2, -0.15) is 0 Å². The van der Waals surface area contributed by atoms with Crippen LogP contribution in [-0.4, -0.2) is 49.5 Å². The lowest BCUT2D eigenvalue weighted by molar-refractivity contribution is -0.140. The number of hydrogen-bond donors (Lipinski definition) is 1. The predicted molar refractivity (Wildman–Crippen MR) is 140 cm³/mol. The topological polar surface area (TPSA) is 86.8 Å². The normalized spacial score (nSPS) is 12.7. The second kappa shape index (κ2) is 10.9. The molecule has 2 rings (SSSR count). The largest absolute Gasteiger partial charge is 0.350 e. The van der Waals surface area contributed by atoms with Crippen molar-refractivity contribution in [1.82, 2.24) is 10.2 Å². The van der Waals surface area contributed by atoms with Gasteiger partial charge in [-0.05, 0) is 87.0 Å². The molecule has 9 heteroatoms. The number of aryl methyl sites for hydroxylation is 1. The molecule has 0 saturated carbocycles. The number of carbonyl (C=O) groups excluding carboxylic acids is 2. The number of nitrogens with zero attached hydrogens (tertiary/aromatic N) is 2. The molecule has 2 amide bonds. The Morgan fingerprint density at radius 1 is 1.09 bits per heavy atom. The third kappa shape index (κ3) is 8.29. The van der Waals surface area contributed by atoms with Gasteiger partial charge in [-0.25, -0.2) is 8.42 Å². The molecule has 2 aromatic carbocycles. The first kappa shape index (κ1) is 27.1. The van der Waals surface area contributed by atoms with Crippen molar-refractivity contribution in [2.45, 2.75) is 52.7 Å². The summed E-state index contributed by atoms with van der Waals surface area (Å²) in [4.78, 5) is 27.8. The average molecular weight is 586 g/mol. The van der Waals surface area contributed by atoms with Gasteiger partial charge in [0, 0.05) is 15.7 Å². The zero-order valence-electron chi connectivity index (χ0n) is 19.9. The Balaban J connectivity index is 2.39. The van der Waals surface area contributed by atoms with Crippen molar-refractivity contribution in [2.75, 3.05) is 17.1 Å². The van der Waals surface area contributed by atoms with E-state index in [9.17, 15) is 18.0 Å². The molecule has 0 aliphatic rings. The van der Waals surface area contributed by atoms with Gasteiger partial charge in [0.2, 0.25) is 21.8 Å². The predicted octanol–water partition coefficient (Wildman–Crippen LogP) is 3.70. The molecule has 7 nitrogen and oxygen atoms in total. The second-order valence-corrected chi connectivity index (χ2v) is 12.3. The van der Waals surface area contributed by atoms with Gasteiger partial charge >= 0.3 is 0 Å². The van der Waals surface area contributed by atoms with Crippen LogP contribution in [-0.2, 0) is 26.2 Å². The van der Waals surface area contributed by atoms with Crippen molar-refractivity contribution < 1.29 is 18.0 Å². The second-order valence-electron chi connectivity index (χ2n) is 9.17. The van der Waals surface area contributed by atoms with Crippen molar-refractivity contribution in [3.63, 3.8) is 0 Å². The molecule has 0 bridgehead atoms. The highest BCUT2D eigenvalue weighted by Crippen LogP contribution is 2.20. The lowest BCUT2D eigenvalue weighted by Gasteiger charge is -2.33. The Morgan fingerprint density at radius 2 is 1.70 bits per heavy atom. The van der Waals surface area contributed by atoms with Crippen molar-refractivity contribution in [2.24, 2.45) is 0 Å². The van der Waals surface area contributed by atoms with Crippen molar-refractivity contribution in [3.05, 3.63) is 63.2 Å². The monoisotopic (exact) mass is 585 g/mol. The number of rotatable bonds is 8. The van der Waals surface area contributed by atoms with Crippen LogP contribution in [0.5, 0.6) is 0 Å². The van der Waals surface area contributed by atoms with Crippen LogP contribution in [0.1, 0.15) is 38.8 Å². The molecule has 0 aliphatic carbocycles. The van der Waals surface area contributed by atoms with Crippen molar-refractivity contribution >= 4 is 50.1 Å². The first-order valence-electron chi connectivity index (χ1n) is 10.6. The molecule has 0 saturated heterocycles. The molecular weight excluding hydrogens is 553 g/mol. The van der Waals surface area contributed by atoms with Gasteiger partial charge in [0.25, 0.3) is 0 Å². The summed E-state index contributed by atoms with van der Waals surface area (Å²) in [5, 5.41) is 2.91. The highest BCUT2D eigenvalue weighted by atomic mass is 127.